The van der Waals surface area contributed by atoms with Gasteiger partial charge in [-0.3, -0.25) is 0 Å². The van der Waals surface area contributed by atoms with E-state index < -0.39 is 6.17 Å². The maximum absolute atomic E-state index is 6.54. The standard InChI is InChI=1S/C39H25N3O2/c1-3-11-24(12-4-1)27-21-22-31(35-30-16-8-10-18-33(30)44-36(27)35)39-41-37(25-13-5-2-6-14-25)40-38(42-39)26-19-20-29-28-15-7-9-17-32(28)43-34(29)23-26/h1-23,38H,(H,40,41,42). The van der Waals surface area contributed by atoms with Gasteiger partial charge in [0.2, 0.25) is 0 Å². The van der Waals surface area contributed by atoms with Gasteiger partial charge in [0.1, 0.15) is 34.0 Å². The smallest absolute Gasteiger partial charge is 0.169 e. The Morgan fingerprint density at radius 1 is 0.477 bits per heavy atom. The molecule has 1 atom stereocenters. The number of rotatable bonds is 4. The fourth-order valence-corrected chi connectivity index (χ4v) is 6.25. The molecule has 0 saturated heterocycles. The predicted octanol–water partition coefficient (Wildman–Crippen LogP) is 9.65. The Bertz CT molecular complexity index is 2420. The fourth-order valence-electron chi connectivity index (χ4n) is 6.25. The van der Waals surface area contributed by atoms with Crippen LogP contribution < -0.4 is 5.32 Å². The van der Waals surface area contributed by atoms with Crippen LogP contribution in [0.25, 0.3) is 55.0 Å². The van der Waals surface area contributed by atoms with Crippen LogP contribution >= 0.6 is 0 Å². The first-order valence-corrected chi connectivity index (χ1v) is 14.7. The highest BCUT2D eigenvalue weighted by Gasteiger charge is 2.25. The van der Waals surface area contributed by atoms with Gasteiger partial charge in [-0.25, -0.2) is 9.98 Å². The highest BCUT2D eigenvalue weighted by Crippen LogP contribution is 2.39. The molecule has 5 nitrogen and oxygen atoms in total. The SMILES string of the molecule is c1ccc(C2=NC(c3ccc4c(c3)oc3ccccc34)N=C(c3ccc(-c4ccccc4)c4oc5ccccc5c34)N2)cc1. The van der Waals surface area contributed by atoms with Gasteiger partial charge in [0.25, 0.3) is 0 Å². The van der Waals surface area contributed by atoms with Crippen LogP contribution in [0.5, 0.6) is 0 Å². The third-order valence-corrected chi connectivity index (χ3v) is 8.35. The molecule has 5 heteroatoms. The van der Waals surface area contributed by atoms with Gasteiger partial charge in [0, 0.05) is 43.8 Å². The van der Waals surface area contributed by atoms with Crippen molar-refractivity contribution in [3.63, 3.8) is 0 Å². The number of nitrogens with zero attached hydrogens (tertiary/aromatic N) is 2. The van der Waals surface area contributed by atoms with Crippen LogP contribution in [0.15, 0.2) is 158 Å². The van der Waals surface area contributed by atoms with Gasteiger partial charge in [0.05, 0.1) is 0 Å². The summed E-state index contributed by atoms with van der Waals surface area (Å²) in [6, 6.07) is 47.4. The summed E-state index contributed by atoms with van der Waals surface area (Å²) in [5, 5.41) is 7.84. The van der Waals surface area contributed by atoms with Gasteiger partial charge in [-0.1, -0.05) is 109 Å². The van der Waals surface area contributed by atoms with Gasteiger partial charge in [0.15, 0.2) is 6.17 Å². The molecular weight excluding hydrogens is 542 g/mol. The largest absolute Gasteiger partial charge is 0.456 e. The Morgan fingerprint density at radius 3 is 1.89 bits per heavy atom. The number of hydrogen-bond acceptors (Lipinski definition) is 5. The monoisotopic (exact) mass is 567 g/mol. The van der Waals surface area contributed by atoms with Gasteiger partial charge in [-0.2, -0.15) is 0 Å². The van der Waals surface area contributed by atoms with E-state index in [0.29, 0.717) is 0 Å². The second kappa shape index (κ2) is 9.82. The van der Waals surface area contributed by atoms with Crippen LogP contribution in [0, 0.1) is 0 Å². The lowest BCUT2D eigenvalue weighted by Gasteiger charge is -2.23. The average Bonchev–Trinajstić information content (AvgIpc) is 3.67. The van der Waals surface area contributed by atoms with Gasteiger partial charge < -0.3 is 14.2 Å². The molecule has 0 saturated carbocycles. The molecule has 6 aromatic carbocycles. The third-order valence-electron chi connectivity index (χ3n) is 8.35. The van der Waals surface area contributed by atoms with E-state index in [0.717, 1.165) is 83.4 Å². The number of para-hydroxylation sites is 2. The van der Waals surface area contributed by atoms with Crippen LogP contribution in [-0.2, 0) is 0 Å². The first-order valence-electron chi connectivity index (χ1n) is 14.7. The van der Waals surface area contributed by atoms with E-state index in [9.17, 15) is 0 Å². The molecule has 1 aliphatic heterocycles. The Labute approximate surface area is 252 Å². The zero-order valence-electron chi connectivity index (χ0n) is 23.6. The van der Waals surface area contributed by atoms with E-state index in [1.807, 2.05) is 54.6 Å². The number of furan rings is 2. The van der Waals surface area contributed by atoms with E-state index >= 15 is 0 Å². The molecule has 44 heavy (non-hydrogen) atoms. The topological polar surface area (TPSA) is 63.0 Å². The molecule has 0 amide bonds. The number of hydrogen-bond donors (Lipinski definition) is 1. The number of benzene rings is 6. The summed E-state index contributed by atoms with van der Waals surface area (Å²) in [6.45, 7) is 0. The summed E-state index contributed by atoms with van der Waals surface area (Å²) in [5.41, 5.74) is 8.42. The van der Waals surface area contributed by atoms with Crippen molar-refractivity contribution in [1.82, 2.24) is 5.32 Å². The summed E-state index contributed by atoms with van der Waals surface area (Å²) < 4.78 is 12.8. The Balaban J connectivity index is 1.25. The molecule has 8 aromatic rings. The first kappa shape index (κ1) is 24.6. The maximum atomic E-state index is 6.54. The molecule has 1 unspecified atom stereocenters. The summed E-state index contributed by atoms with van der Waals surface area (Å²) >= 11 is 0. The van der Waals surface area contributed by atoms with Crippen LogP contribution in [0.2, 0.25) is 0 Å². The zero-order valence-corrected chi connectivity index (χ0v) is 23.6. The molecule has 0 spiro atoms. The van der Waals surface area contributed by atoms with Crippen LogP contribution in [0.4, 0.5) is 0 Å². The molecule has 2 aromatic heterocycles. The van der Waals surface area contributed by atoms with Crippen molar-refractivity contribution in [2.75, 3.05) is 0 Å². The lowest BCUT2D eigenvalue weighted by molar-refractivity contribution is 0.665. The summed E-state index contributed by atoms with van der Waals surface area (Å²) in [6.07, 6.45) is -0.471. The van der Waals surface area contributed by atoms with Gasteiger partial charge >= 0.3 is 0 Å². The Hall–Kier alpha value is -5.94. The Morgan fingerprint density at radius 2 is 1.09 bits per heavy atom. The lowest BCUT2D eigenvalue weighted by Crippen LogP contribution is -2.36. The van der Waals surface area contributed by atoms with Crippen LogP contribution in [-0.4, -0.2) is 11.7 Å². The van der Waals surface area contributed by atoms with Crippen LogP contribution in [0.1, 0.15) is 22.9 Å². The van der Waals surface area contributed by atoms with E-state index in [2.05, 4.69) is 90.2 Å². The Kier molecular flexibility index (Phi) is 5.50. The van der Waals surface area contributed by atoms with Crippen LogP contribution in [0.3, 0.4) is 0 Å². The first-order chi connectivity index (χ1) is 21.8. The second-order valence-electron chi connectivity index (χ2n) is 11.0. The van der Waals surface area contributed by atoms with E-state index in [1.165, 1.54) is 0 Å². The summed E-state index contributed by atoms with van der Waals surface area (Å²) in [4.78, 5) is 10.3. The van der Waals surface area contributed by atoms with Crippen molar-refractivity contribution in [2.45, 2.75) is 6.17 Å². The molecule has 1 N–H and O–H groups in total. The van der Waals surface area contributed by atoms with Crippen molar-refractivity contribution in [3.8, 4) is 11.1 Å². The van der Waals surface area contributed by atoms with Crippen molar-refractivity contribution in [3.05, 3.63) is 156 Å². The van der Waals surface area contributed by atoms with Gasteiger partial charge in [-0.05, 0) is 35.9 Å². The van der Waals surface area contributed by atoms with E-state index in [-0.39, 0.29) is 0 Å². The average molecular weight is 568 g/mol. The number of nitrogens with one attached hydrogen (secondary N) is 1. The fraction of sp³-hybridized carbons (Fsp3) is 0.0256. The molecule has 1 aliphatic rings. The van der Waals surface area contributed by atoms with Crippen molar-refractivity contribution in [1.29, 1.82) is 0 Å². The number of amidine groups is 2. The molecule has 9 rings (SSSR count). The summed E-state index contributed by atoms with van der Waals surface area (Å²) in [5.74, 6) is 1.50. The maximum Gasteiger partial charge on any atom is 0.169 e. The molecule has 3 heterocycles. The predicted molar refractivity (Wildman–Crippen MR) is 178 cm³/mol. The third kappa shape index (κ3) is 3.94. The minimum atomic E-state index is -0.471. The second-order valence-corrected chi connectivity index (χ2v) is 11.0. The molecule has 0 radical (unpaired) electrons. The number of fused-ring (bicyclic) bond motifs is 6. The zero-order chi connectivity index (χ0) is 29.0. The van der Waals surface area contributed by atoms with E-state index in [1.54, 1.807) is 0 Å². The molecular formula is C39H25N3O2. The number of aliphatic imine (C=N–C) groups is 2. The van der Waals surface area contributed by atoms with Crippen molar-refractivity contribution < 1.29 is 8.83 Å². The highest BCUT2D eigenvalue weighted by molar-refractivity contribution is 6.25. The molecule has 0 aliphatic carbocycles. The minimum Gasteiger partial charge on any atom is -0.456 e. The normalized spacial score (nSPS) is 15.0. The quantitative estimate of drug-likeness (QED) is 0.230. The van der Waals surface area contributed by atoms with Crippen molar-refractivity contribution in [2.24, 2.45) is 9.98 Å². The van der Waals surface area contributed by atoms with Gasteiger partial charge in [-0.15, -0.1) is 0 Å². The molecule has 208 valence electrons. The summed E-state index contributed by atoms with van der Waals surface area (Å²) in [7, 11) is 0. The molecule has 0 fully saturated rings. The van der Waals surface area contributed by atoms with E-state index in [4.69, 9.17) is 18.8 Å². The highest BCUT2D eigenvalue weighted by atomic mass is 16.3. The van der Waals surface area contributed by atoms with Crippen molar-refractivity contribution >= 4 is 55.5 Å². The minimum absolute atomic E-state index is 0.471. The molecule has 0 bridgehead atoms. The lowest BCUT2D eigenvalue weighted by atomic mass is 9.97.